The molecule has 1 saturated carbocycles. The van der Waals surface area contributed by atoms with E-state index >= 15 is 0 Å². The number of benzene rings is 2. The van der Waals surface area contributed by atoms with Crippen LogP contribution in [0.15, 0.2) is 52.6 Å². The number of carbonyl (C=O) groups is 1. The molecule has 2 fully saturated rings. The van der Waals surface area contributed by atoms with Crippen molar-refractivity contribution in [3.05, 3.63) is 73.9 Å². The molecule has 33 heavy (non-hydrogen) atoms. The largest absolute Gasteiger partial charge is 0.488 e. The monoisotopic (exact) mass is 529 g/mol. The molecular formula is C24H24BrN3O4S. The number of non-ortho nitro benzene ring substituents is 1. The van der Waals surface area contributed by atoms with Crippen molar-refractivity contribution in [1.82, 2.24) is 9.80 Å². The van der Waals surface area contributed by atoms with Crippen LogP contribution in [-0.4, -0.2) is 38.8 Å². The number of hydrogen-bond donors (Lipinski definition) is 0. The van der Waals surface area contributed by atoms with Gasteiger partial charge in [-0.05, 0) is 70.3 Å². The maximum absolute atomic E-state index is 13.2. The standard InChI is InChI=1S/C24H24BrN3O4S/c1-26-21(23(29)27(24(26)33)18-7-3-2-4-8-18)14-16-10-11-22(20(25)13-16)32-15-17-6-5-9-19(12-17)28(30)31/h5-6,9-14,18H,2-4,7-8,15H2,1H3/b21-14-. The van der Waals surface area contributed by atoms with Gasteiger partial charge in [0, 0.05) is 25.2 Å². The molecule has 4 rings (SSSR count). The highest BCUT2D eigenvalue weighted by Crippen LogP contribution is 2.32. The number of likely N-dealkylation sites (N-methyl/N-ethyl adjacent to an activating group) is 1. The normalized spacial score (nSPS) is 18.3. The van der Waals surface area contributed by atoms with Crippen LogP contribution in [0.3, 0.4) is 0 Å². The van der Waals surface area contributed by atoms with Gasteiger partial charge in [0.1, 0.15) is 18.1 Å². The maximum Gasteiger partial charge on any atom is 0.277 e. The van der Waals surface area contributed by atoms with E-state index in [9.17, 15) is 14.9 Å². The molecule has 172 valence electrons. The second kappa shape index (κ2) is 10.0. The van der Waals surface area contributed by atoms with Gasteiger partial charge < -0.3 is 9.64 Å². The van der Waals surface area contributed by atoms with Crippen molar-refractivity contribution >= 4 is 50.9 Å². The van der Waals surface area contributed by atoms with Gasteiger partial charge in [0.05, 0.1) is 9.40 Å². The highest BCUT2D eigenvalue weighted by Gasteiger charge is 2.40. The number of thiocarbonyl (C=S) groups is 1. The number of nitro benzene ring substituents is 1. The fourth-order valence-electron chi connectivity index (χ4n) is 4.24. The molecule has 2 aromatic carbocycles. The summed E-state index contributed by atoms with van der Waals surface area (Å²) < 4.78 is 6.57. The van der Waals surface area contributed by atoms with E-state index in [1.165, 1.54) is 18.6 Å². The van der Waals surface area contributed by atoms with Crippen LogP contribution in [0, 0.1) is 10.1 Å². The Labute approximate surface area is 206 Å². The summed E-state index contributed by atoms with van der Waals surface area (Å²) in [6.45, 7) is 0.201. The van der Waals surface area contributed by atoms with E-state index in [4.69, 9.17) is 17.0 Å². The van der Waals surface area contributed by atoms with Crippen LogP contribution < -0.4 is 4.74 Å². The van der Waals surface area contributed by atoms with Gasteiger partial charge in [-0.1, -0.05) is 37.5 Å². The van der Waals surface area contributed by atoms with Crippen LogP contribution in [0.1, 0.15) is 43.2 Å². The van der Waals surface area contributed by atoms with E-state index in [2.05, 4.69) is 15.9 Å². The molecule has 1 saturated heterocycles. The molecule has 2 aromatic rings. The topological polar surface area (TPSA) is 75.9 Å². The molecule has 1 aliphatic carbocycles. The minimum Gasteiger partial charge on any atom is -0.488 e. The summed E-state index contributed by atoms with van der Waals surface area (Å²) in [5, 5.41) is 11.5. The molecule has 1 aliphatic heterocycles. The Morgan fingerprint density at radius 3 is 2.67 bits per heavy atom. The van der Waals surface area contributed by atoms with Crippen molar-refractivity contribution in [2.75, 3.05) is 7.05 Å². The lowest BCUT2D eigenvalue weighted by Crippen LogP contribution is -2.41. The molecule has 1 heterocycles. The average Bonchev–Trinajstić information content (AvgIpc) is 3.02. The summed E-state index contributed by atoms with van der Waals surface area (Å²) in [7, 11) is 1.83. The van der Waals surface area contributed by atoms with Crippen LogP contribution in [0.25, 0.3) is 6.08 Å². The lowest BCUT2D eigenvalue weighted by molar-refractivity contribution is -0.384. The fraction of sp³-hybridized carbons (Fsp3) is 0.333. The van der Waals surface area contributed by atoms with E-state index in [-0.39, 0.29) is 24.2 Å². The third kappa shape index (κ3) is 5.09. The zero-order valence-corrected chi connectivity index (χ0v) is 20.6. The maximum atomic E-state index is 13.2. The van der Waals surface area contributed by atoms with Crippen LogP contribution >= 0.6 is 28.1 Å². The number of ether oxygens (including phenoxy) is 1. The van der Waals surface area contributed by atoms with E-state index in [0.717, 1.165) is 35.7 Å². The molecule has 0 spiro atoms. The lowest BCUT2D eigenvalue weighted by Gasteiger charge is -2.30. The quantitative estimate of drug-likeness (QED) is 0.207. The zero-order chi connectivity index (χ0) is 23.5. The van der Waals surface area contributed by atoms with Crippen molar-refractivity contribution in [3.63, 3.8) is 0 Å². The Morgan fingerprint density at radius 2 is 1.97 bits per heavy atom. The molecule has 0 bridgehead atoms. The van der Waals surface area contributed by atoms with Gasteiger partial charge in [-0.15, -0.1) is 0 Å². The van der Waals surface area contributed by atoms with E-state index in [1.54, 1.807) is 21.9 Å². The number of hydrogen-bond acceptors (Lipinski definition) is 5. The molecule has 0 aromatic heterocycles. The van der Waals surface area contributed by atoms with Gasteiger partial charge in [-0.25, -0.2) is 0 Å². The van der Waals surface area contributed by atoms with E-state index in [0.29, 0.717) is 22.1 Å². The lowest BCUT2D eigenvalue weighted by atomic mass is 9.94. The second-order valence-electron chi connectivity index (χ2n) is 8.24. The summed E-state index contributed by atoms with van der Waals surface area (Å²) >= 11 is 9.11. The molecule has 0 unspecified atom stereocenters. The first kappa shape index (κ1) is 23.4. The Bertz CT molecular complexity index is 1130. The third-order valence-electron chi connectivity index (χ3n) is 6.01. The van der Waals surface area contributed by atoms with E-state index in [1.807, 2.05) is 31.3 Å². The van der Waals surface area contributed by atoms with Crippen molar-refractivity contribution in [1.29, 1.82) is 0 Å². The summed E-state index contributed by atoms with van der Waals surface area (Å²) in [4.78, 5) is 27.3. The molecule has 0 radical (unpaired) electrons. The van der Waals surface area contributed by atoms with Crippen molar-refractivity contribution in [2.24, 2.45) is 0 Å². The molecule has 9 heteroatoms. The van der Waals surface area contributed by atoms with Gasteiger partial charge >= 0.3 is 0 Å². The highest BCUT2D eigenvalue weighted by molar-refractivity contribution is 9.10. The second-order valence-corrected chi connectivity index (χ2v) is 9.46. The molecule has 7 nitrogen and oxygen atoms in total. The highest BCUT2D eigenvalue weighted by atomic mass is 79.9. The predicted molar refractivity (Wildman–Crippen MR) is 134 cm³/mol. The van der Waals surface area contributed by atoms with Gasteiger partial charge in [-0.3, -0.25) is 19.8 Å². The fourth-order valence-corrected chi connectivity index (χ4v) is 5.08. The van der Waals surface area contributed by atoms with Crippen LogP contribution in [0.4, 0.5) is 5.69 Å². The number of rotatable bonds is 6. The molecule has 2 aliphatic rings. The summed E-state index contributed by atoms with van der Waals surface area (Å²) in [5.41, 5.74) is 2.13. The number of halogens is 1. The predicted octanol–water partition coefficient (Wildman–Crippen LogP) is 5.67. The average molecular weight is 530 g/mol. The van der Waals surface area contributed by atoms with Crippen LogP contribution in [0.5, 0.6) is 5.75 Å². The molecule has 0 N–H and O–H groups in total. The number of amides is 1. The van der Waals surface area contributed by atoms with Crippen molar-refractivity contribution < 1.29 is 14.5 Å². The Hall–Kier alpha value is -2.78. The van der Waals surface area contributed by atoms with Gasteiger partial charge in [0.25, 0.3) is 11.6 Å². The van der Waals surface area contributed by atoms with E-state index < -0.39 is 4.92 Å². The summed E-state index contributed by atoms with van der Waals surface area (Å²) in [6, 6.07) is 12.1. The Morgan fingerprint density at radius 1 is 1.21 bits per heavy atom. The van der Waals surface area contributed by atoms with Gasteiger partial charge in [-0.2, -0.15) is 0 Å². The SMILES string of the molecule is CN1C(=S)N(C2CCCCC2)C(=O)/C1=C/c1ccc(OCc2cccc([N+](=O)[O-])c2)c(Br)c1. The van der Waals surface area contributed by atoms with Crippen LogP contribution in [0.2, 0.25) is 0 Å². The third-order valence-corrected chi connectivity index (χ3v) is 7.10. The molecule has 1 amide bonds. The van der Waals surface area contributed by atoms with Gasteiger partial charge in [0.15, 0.2) is 5.11 Å². The zero-order valence-electron chi connectivity index (χ0n) is 18.2. The minimum atomic E-state index is -0.426. The minimum absolute atomic E-state index is 0.0303. The van der Waals surface area contributed by atoms with Crippen molar-refractivity contribution in [3.8, 4) is 5.75 Å². The van der Waals surface area contributed by atoms with Gasteiger partial charge in [0.2, 0.25) is 0 Å². The summed E-state index contributed by atoms with van der Waals surface area (Å²) in [6.07, 6.45) is 7.30. The molecular weight excluding hydrogens is 506 g/mol. The molecule has 0 atom stereocenters. The summed E-state index contributed by atoms with van der Waals surface area (Å²) in [5.74, 6) is 0.561. The number of nitrogens with zero attached hydrogens (tertiary/aromatic N) is 3. The van der Waals surface area contributed by atoms with Crippen molar-refractivity contribution in [2.45, 2.75) is 44.8 Å². The first-order valence-corrected chi connectivity index (χ1v) is 12.0. The number of carbonyl (C=O) groups excluding carboxylic acids is 1. The smallest absolute Gasteiger partial charge is 0.277 e. The number of nitro groups is 1. The first-order chi connectivity index (χ1) is 15.8. The Balaban J connectivity index is 1.48. The Kier molecular flexibility index (Phi) is 7.09. The first-order valence-electron chi connectivity index (χ1n) is 10.8. The van der Waals surface area contributed by atoms with Crippen LogP contribution in [-0.2, 0) is 11.4 Å².